The number of hydrogen-bond acceptors (Lipinski definition) is 2. The minimum absolute atomic E-state index is 0.0100. The molecule has 5 heteroatoms. The first-order valence-electron chi connectivity index (χ1n) is 5.03. The van der Waals surface area contributed by atoms with E-state index in [1.165, 1.54) is 0 Å². The van der Waals surface area contributed by atoms with Crippen molar-refractivity contribution in [3.05, 3.63) is 28.2 Å². The molecule has 2 N–H and O–H groups in total. The van der Waals surface area contributed by atoms with Crippen LogP contribution in [0.3, 0.4) is 0 Å². The van der Waals surface area contributed by atoms with Gasteiger partial charge in [0.1, 0.15) is 0 Å². The van der Waals surface area contributed by atoms with Gasteiger partial charge in [-0.15, -0.1) is 0 Å². The van der Waals surface area contributed by atoms with E-state index in [0.717, 1.165) is 0 Å². The van der Waals surface area contributed by atoms with Crippen LogP contribution in [0.2, 0.25) is 10.0 Å². The van der Waals surface area contributed by atoms with Crippen molar-refractivity contribution in [3.63, 3.8) is 0 Å². The topological polar surface area (TPSA) is 46.3 Å². The number of benzene rings is 1. The van der Waals surface area contributed by atoms with Gasteiger partial charge in [0.2, 0.25) is 5.91 Å². The molecule has 1 fully saturated rings. The number of anilines is 1. The number of amides is 1. The van der Waals surface area contributed by atoms with E-state index in [1.807, 2.05) is 6.92 Å². The number of carbonyl (C=O) groups is 1. The molecule has 0 bridgehead atoms. The first-order chi connectivity index (χ1) is 7.50. The fourth-order valence-corrected chi connectivity index (χ4v) is 2.29. The van der Waals surface area contributed by atoms with Gasteiger partial charge < -0.3 is 10.6 Å². The molecule has 0 saturated carbocycles. The highest BCUT2D eigenvalue weighted by Gasteiger charge is 2.36. The molecule has 0 aliphatic carbocycles. The Morgan fingerprint density at radius 3 is 2.69 bits per heavy atom. The number of hydrogen-bond donors (Lipinski definition) is 1. The van der Waals surface area contributed by atoms with Crippen molar-refractivity contribution in [2.45, 2.75) is 25.4 Å². The predicted molar refractivity (Wildman–Crippen MR) is 66.0 cm³/mol. The van der Waals surface area contributed by atoms with Gasteiger partial charge in [0.25, 0.3) is 0 Å². The first-order valence-corrected chi connectivity index (χ1v) is 5.79. The SMILES string of the molecule is CC1C(N)CC(=O)N1c1cc(Cl)ccc1Cl. The van der Waals surface area contributed by atoms with Crippen LogP contribution in [0, 0.1) is 0 Å². The van der Waals surface area contributed by atoms with Crippen LogP contribution in [0.25, 0.3) is 0 Å². The summed E-state index contributed by atoms with van der Waals surface area (Å²) in [5.41, 5.74) is 6.48. The smallest absolute Gasteiger partial charge is 0.228 e. The van der Waals surface area contributed by atoms with Gasteiger partial charge in [-0.3, -0.25) is 4.79 Å². The fraction of sp³-hybridized carbons (Fsp3) is 0.364. The number of halogens is 2. The molecule has 86 valence electrons. The Morgan fingerprint density at radius 1 is 1.44 bits per heavy atom. The summed E-state index contributed by atoms with van der Waals surface area (Å²) in [7, 11) is 0. The summed E-state index contributed by atoms with van der Waals surface area (Å²) in [4.78, 5) is 13.4. The Bertz CT molecular complexity index is 436. The molecule has 1 aliphatic rings. The van der Waals surface area contributed by atoms with Crippen LogP contribution in [0.5, 0.6) is 0 Å². The lowest BCUT2D eigenvalue weighted by Crippen LogP contribution is -2.38. The Kier molecular flexibility index (Phi) is 3.10. The summed E-state index contributed by atoms with van der Waals surface area (Å²) in [5, 5.41) is 1.07. The van der Waals surface area contributed by atoms with Crippen LogP contribution in [0.1, 0.15) is 13.3 Å². The van der Waals surface area contributed by atoms with Gasteiger partial charge in [-0.1, -0.05) is 23.2 Å². The van der Waals surface area contributed by atoms with Gasteiger partial charge in [0.05, 0.1) is 10.7 Å². The third kappa shape index (κ3) is 1.90. The van der Waals surface area contributed by atoms with Crippen LogP contribution < -0.4 is 10.6 Å². The zero-order valence-corrected chi connectivity index (χ0v) is 10.3. The highest BCUT2D eigenvalue weighted by Crippen LogP contribution is 2.34. The summed E-state index contributed by atoms with van der Waals surface area (Å²) in [5.74, 6) is -0.0100. The number of rotatable bonds is 1. The van der Waals surface area contributed by atoms with Crippen molar-refractivity contribution in [1.82, 2.24) is 0 Å². The van der Waals surface area contributed by atoms with Gasteiger partial charge in [0.15, 0.2) is 0 Å². The van der Waals surface area contributed by atoms with Crippen molar-refractivity contribution in [1.29, 1.82) is 0 Å². The number of nitrogens with zero attached hydrogens (tertiary/aromatic N) is 1. The van der Waals surface area contributed by atoms with Crippen molar-refractivity contribution in [2.75, 3.05) is 4.90 Å². The molecular formula is C11H12Cl2N2O. The average Bonchev–Trinajstić information content (AvgIpc) is 2.46. The second-order valence-corrected chi connectivity index (χ2v) is 4.81. The molecule has 1 aromatic rings. The zero-order valence-electron chi connectivity index (χ0n) is 8.78. The molecule has 1 heterocycles. The minimum Gasteiger partial charge on any atom is -0.325 e. The molecule has 1 saturated heterocycles. The van der Waals surface area contributed by atoms with Gasteiger partial charge in [-0.2, -0.15) is 0 Å². The van der Waals surface area contributed by atoms with Crippen molar-refractivity contribution in [3.8, 4) is 0 Å². The van der Waals surface area contributed by atoms with Crippen molar-refractivity contribution >= 4 is 34.8 Å². The van der Waals surface area contributed by atoms with E-state index in [-0.39, 0.29) is 18.0 Å². The second-order valence-electron chi connectivity index (χ2n) is 3.97. The van der Waals surface area contributed by atoms with Crippen LogP contribution in [0.4, 0.5) is 5.69 Å². The number of nitrogens with two attached hydrogens (primary N) is 1. The van der Waals surface area contributed by atoms with Crippen molar-refractivity contribution in [2.24, 2.45) is 5.73 Å². The van der Waals surface area contributed by atoms with Gasteiger partial charge in [-0.05, 0) is 25.1 Å². The maximum absolute atomic E-state index is 11.8. The van der Waals surface area contributed by atoms with Crippen LogP contribution in [-0.2, 0) is 4.79 Å². The molecule has 3 nitrogen and oxygen atoms in total. The molecule has 16 heavy (non-hydrogen) atoms. The van der Waals surface area contributed by atoms with E-state index in [2.05, 4.69) is 0 Å². The maximum atomic E-state index is 11.8. The predicted octanol–water partition coefficient (Wildman–Crippen LogP) is 2.45. The summed E-state index contributed by atoms with van der Waals surface area (Å²) < 4.78 is 0. The molecule has 2 atom stereocenters. The lowest BCUT2D eigenvalue weighted by atomic mass is 10.1. The number of carbonyl (C=O) groups excluding carboxylic acids is 1. The van der Waals surface area contributed by atoms with E-state index >= 15 is 0 Å². The van der Waals surface area contributed by atoms with Gasteiger partial charge >= 0.3 is 0 Å². The van der Waals surface area contributed by atoms with E-state index in [1.54, 1.807) is 23.1 Å². The summed E-state index contributed by atoms with van der Waals surface area (Å²) in [6.07, 6.45) is 0.351. The largest absolute Gasteiger partial charge is 0.325 e. The highest BCUT2D eigenvalue weighted by molar-refractivity contribution is 6.35. The molecule has 0 aromatic heterocycles. The summed E-state index contributed by atoms with van der Waals surface area (Å²) in [6.45, 7) is 1.91. The van der Waals surface area contributed by atoms with E-state index in [0.29, 0.717) is 22.2 Å². The Labute approximate surface area is 104 Å². The van der Waals surface area contributed by atoms with Crippen molar-refractivity contribution < 1.29 is 4.79 Å². The second kappa shape index (κ2) is 4.24. The quantitative estimate of drug-likeness (QED) is 0.841. The standard InChI is InChI=1S/C11H12Cl2N2O/c1-6-9(14)5-11(16)15(6)10-4-7(12)2-3-8(10)13/h2-4,6,9H,5,14H2,1H3. The molecule has 1 amide bonds. The normalized spacial score (nSPS) is 25.2. The molecular weight excluding hydrogens is 247 g/mol. The lowest BCUT2D eigenvalue weighted by Gasteiger charge is -2.24. The van der Waals surface area contributed by atoms with Crippen LogP contribution in [-0.4, -0.2) is 18.0 Å². The molecule has 1 aromatic carbocycles. The molecule has 2 rings (SSSR count). The monoisotopic (exact) mass is 258 g/mol. The van der Waals surface area contributed by atoms with E-state index in [4.69, 9.17) is 28.9 Å². The third-order valence-electron chi connectivity index (χ3n) is 2.87. The zero-order chi connectivity index (χ0) is 11.9. The lowest BCUT2D eigenvalue weighted by molar-refractivity contribution is -0.117. The maximum Gasteiger partial charge on any atom is 0.228 e. The Balaban J connectivity index is 2.44. The summed E-state index contributed by atoms with van der Waals surface area (Å²) >= 11 is 12.0. The van der Waals surface area contributed by atoms with E-state index in [9.17, 15) is 4.79 Å². The Hall–Kier alpha value is -0.770. The van der Waals surface area contributed by atoms with E-state index < -0.39 is 0 Å². The van der Waals surface area contributed by atoms with Crippen LogP contribution in [0.15, 0.2) is 18.2 Å². The van der Waals surface area contributed by atoms with Gasteiger partial charge in [-0.25, -0.2) is 0 Å². The minimum atomic E-state index is -0.150. The molecule has 2 unspecified atom stereocenters. The summed E-state index contributed by atoms with van der Waals surface area (Å²) in [6, 6.07) is 4.86. The molecule has 0 radical (unpaired) electrons. The third-order valence-corrected chi connectivity index (χ3v) is 3.43. The molecule has 0 spiro atoms. The fourth-order valence-electron chi connectivity index (χ4n) is 1.91. The first kappa shape index (κ1) is 11.7. The average molecular weight is 259 g/mol. The molecule has 1 aliphatic heterocycles. The highest BCUT2D eigenvalue weighted by atomic mass is 35.5. The Morgan fingerprint density at radius 2 is 2.12 bits per heavy atom. The van der Waals surface area contributed by atoms with Gasteiger partial charge in [0, 0.05) is 23.5 Å². The van der Waals surface area contributed by atoms with Crippen LogP contribution >= 0.6 is 23.2 Å².